The minimum Gasteiger partial charge on any atom is -0.493 e. The molecule has 1 aliphatic heterocycles. The number of rotatable bonds is 7. The van der Waals surface area contributed by atoms with E-state index in [2.05, 4.69) is 10.6 Å². The first-order valence-electron chi connectivity index (χ1n) is 11.4. The number of fused-ring (bicyclic) bond motifs is 1. The quantitative estimate of drug-likeness (QED) is 0.536. The van der Waals surface area contributed by atoms with Crippen molar-refractivity contribution in [2.75, 3.05) is 26.1 Å². The monoisotopic (exact) mass is 477 g/mol. The molecule has 1 aliphatic rings. The molecule has 7 nitrogen and oxygen atoms in total. The fourth-order valence-electron chi connectivity index (χ4n) is 4.23. The third-order valence-electron chi connectivity index (χ3n) is 6.00. The molecule has 0 saturated carbocycles. The summed E-state index contributed by atoms with van der Waals surface area (Å²) < 4.78 is 24.3. The lowest BCUT2D eigenvalue weighted by molar-refractivity contribution is -0.134. The van der Waals surface area contributed by atoms with Crippen LogP contribution >= 0.6 is 0 Å². The Balaban J connectivity index is 1.52. The van der Waals surface area contributed by atoms with Crippen LogP contribution in [0, 0.1) is 5.82 Å². The molecule has 3 amide bonds. The standard InChI is InChI=1S/C27H28FN3O4/c1-34-24-14-19-11-12-31(17-20(19)15-25(24)35-2)26(32)23(13-18-7-4-3-5-8-18)30-27(33)29-22-10-6-9-21(28)16-22/h3-10,14-16,23H,11-13,17H2,1-2H3,(H2,29,30,33). The maximum Gasteiger partial charge on any atom is 0.319 e. The van der Waals surface area contributed by atoms with Gasteiger partial charge in [-0.2, -0.15) is 0 Å². The molecule has 4 rings (SSSR count). The van der Waals surface area contributed by atoms with Crippen molar-refractivity contribution >= 4 is 17.6 Å². The Kier molecular flexibility index (Phi) is 7.50. The summed E-state index contributed by atoms with van der Waals surface area (Å²) >= 11 is 0. The number of methoxy groups -OCH3 is 2. The first-order valence-corrected chi connectivity index (χ1v) is 11.4. The van der Waals surface area contributed by atoms with Crippen LogP contribution in [0.4, 0.5) is 14.9 Å². The van der Waals surface area contributed by atoms with Crippen LogP contribution < -0.4 is 20.1 Å². The maximum absolute atomic E-state index is 13.6. The number of carbonyl (C=O) groups is 2. The number of urea groups is 1. The third-order valence-corrected chi connectivity index (χ3v) is 6.00. The molecule has 1 heterocycles. The fourth-order valence-corrected chi connectivity index (χ4v) is 4.23. The Morgan fingerprint density at radius 3 is 2.37 bits per heavy atom. The van der Waals surface area contributed by atoms with Gasteiger partial charge < -0.3 is 25.0 Å². The lowest BCUT2D eigenvalue weighted by Crippen LogP contribution is -2.51. The second-order valence-electron chi connectivity index (χ2n) is 8.34. The number of hydrogen-bond acceptors (Lipinski definition) is 4. The highest BCUT2D eigenvalue weighted by Gasteiger charge is 2.29. The molecule has 182 valence electrons. The van der Waals surface area contributed by atoms with E-state index in [0.29, 0.717) is 43.1 Å². The van der Waals surface area contributed by atoms with E-state index in [4.69, 9.17) is 9.47 Å². The van der Waals surface area contributed by atoms with Crippen LogP contribution in [0.25, 0.3) is 0 Å². The van der Waals surface area contributed by atoms with Gasteiger partial charge in [0.25, 0.3) is 0 Å². The van der Waals surface area contributed by atoms with E-state index in [0.717, 1.165) is 16.7 Å². The van der Waals surface area contributed by atoms with Crippen LogP contribution in [-0.2, 0) is 24.2 Å². The summed E-state index contributed by atoms with van der Waals surface area (Å²) in [7, 11) is 3.17. The Morgan fingerprint density at radius 1 is 0.971 bits per heavy atom. The number of halogens is 1. The van der Waals surface area contributed by atoms with Gasteiger partial charge in [0, 0.05) is 25.2 Å². The van der Waals surface area contributed by atoms with Crippen LogP contribution in [0.1, 0.15) is 16.7 Å². The highest BCUT2D eigenvalue weighted by molar-refractivity contribution is 5.94. The molecule has 3 aromatic carbocycles. The van der Waals surface area contributed by atoms with Gasteiger partial charge in [-0.1, -0.05) is 36.4 Å². The molecule has 0 spiro atoms. The van der Waals surface area contributed by atoms with Crippen molar-refractivity contribution in [2.24, 2.45) is 0 Å². The number of nitrogens with one attached hydrogen (secondary N) is 2. The number of nitrogens with zero attached hydrogens (tertiary/aromatic N) is 1. The van der Waals surface area contributed by atoms with Gasteiger partial charge in [-0.3, -0.25) is 4.79 Å². The summed E-state index contributed by atoms with van der Waals surface area (Å²) in [5.41, 5.74) is 3.30. The number of benzene rings is 3. The summed E-state index contributed by atoms with van der Waals surface area (Å²) in [5.74, 6) is 0.611. The molecule has 1 unspecified atom stereocenters. The zero-order valence-corrected chi connectivity index (χ0v) is 19.7. The van der Waals surface area contributed by atoms with E-state index in [-0.39, 0.29) is 5.91 Å². The van der Waals surface area contributed by atoms with Crippen LogP contribution in [0.3, 0.4) is 0 Å². The maximum atomic E-state index is 13.6. The Morgan fingerprint density at radius 2 is 1.69 bits per heavy atom. The number of amides is 3. The first-order chi connectivity index (χ1) is 17.0. The van der Waals surface area contributed by atoms with Crippen molar-refractivity contribution in [2.45, 2.75) is 25.4 Å². The van der Waals surface area contributed by atoms with E-state index >= 15 is 0 Å². The number of carbonyl (C=O) groups excluding carboxylic acids is 2. The highest BCUT2D eigenvalue weighted by atomic mass is 19.1. The second-order valence-corrected chi connectivity index (χ2v) is 8.34. The zero-order chi connectivity index (χ0) is 24.8. The molecule has 3 aromatic rings. The first kappa shape index (κ1) is 24.1. The van der Waals surface area contributed by atoms with Crippen molar-refractivity contribution in [3.63, 3.8) is 0 Å². The predicted octanol–water partition coefficient (Wildman–Crippen LogP) is 4.16. The van der Waals surface area contributed by atoms with Crippen molar-refractivity contribution in [3.05, 3.63) is 89.2 Å². The molecule has 35 heavy (non-hydrogen) atoms. The SMILES string of the molecule is COc1cc2c(cc1OC)CN(C(=O)C(Cc1ccccc1)NC(=O)Nc1cccc(F)c1)CC2. The van der Waals surface area contributed by atoms with Crippen molar-refractivity contribution in [1.29, 1.82) is 0 Å². The molecule has 0 aliphatic carbocycles. The van der Waals surface area contributed by atoms with Crippen molar-refractivity contribution in [3.8, 4) is 11.5 Å². The zero-order valence-electron chi connectivity index (χ0n) is 19.7. The summed E-state index contributed by atoms with van der Waals surface area (Å²) in [6.45, 7) is 0.910. The van der Waals surface area contributed by atoms with Gasteiger partial charge in [-0.05, 0) is 53.4 Å². The fraction of sp³-hybridized carbons (Fsp3) is 0.259. The van der Waals surface area contributed by atoms with Crippen LogP contribution in [0.15, 0.2) is 66.7 Å². The lowest BCUT2D eigenvalue weighted by atomic mass is 9.97. The molecular formula is C27H28FN3O4. The van der Waals surface area contributed by atoms with Gasteiger partial charge in [0.1, 0.15) is 11.9 Å². The molecule has 1 atom stereocenters. The van der Waals surface area contributed by atoms with E-state index in [1.54, 1.807) is 25.2 Å². The lowest BCUT2D eigenvalue weighted by Gasteiger charge is -2.32. The average Bonchev–Trinajstić information content (AvgIpc) is 2.87. The van der Waals surface area contributed by atoms with Crippen LogP contribution in [-0.4, -0.2) is 43.6 Å². The largest absolute Gasteiger partial charge is 0.493 e. The minimum atomic E-state index is -0.798. The van der Waals surface area contributed by atoms with E-state index in [1.807, 2.05) is 42.5 Å². The Hall–Kier alpha value is -4.07. The van der Waals surface area contributed by atoms with Crippen LogP contribution in [0.2, 0.25) is 0 Å². The van der Waals surface area contributed by atoms with E-state index in [9.17, 15) is 14.0 Å². The average molecular weight is 478 g/mol. The summed E-state index contributed by atoms with van der Waals surface area (Å²) in [4.78, 5) is 28.1. The summed E-state index contributed by atoms with van der Waals surface area (Å²) in [6, 6.07) is 17.6. The molecule has 0 bridgehead atoms. The number of ether oxygens (including phenoxy) is 2. The van der Waals surface area contributed by atoms with Gasteiger partial charge in [-0.25, -0.2) is 9.18 Å². The summed E-state index contributed by atoms with van der Waals surface area (Å²) in [5, 5.41) is 5.40. The van der Waals surface area contributed by atoms with E-state index < -0.39 is 17.9 Å². The molecule has 0 radical (unpaired) electrons. The molecular weight excluding hydrogens is 449 g/mol. The third kappa shape index (κ3) is 5.90. The molecule has 0 aromatic heterocycles. The predicted molar refractivity (Wildman–Crippen MR) is 131 cm³/mol. The smallest absolute Gasteiger partial charge is 0.319 e. The molecule has 8 heteroatoms. The Bertz CT molecular complexity index is 1200. The number of anilines is 1. The van der Waals surface area contributed by atoms with Crippen LogP contribution in [0.5, 0.6) is 11.5 Å². The minimum absolute atomic E-state index is 0.191. The normalized spacial score (nSPS) is 13.4. The molecule has 2 N–H and O–H groups in total. The van der Waals surface area contributed by atoms with Crippen molar-refractivity contribution < 1.29 is 23.5 Å². The van der Waals surface area contributed by atoms with Gasteiger partial charge >= 0.3 is 6.03 Å². The van der Waals surface area contributed by atoms with Gasteiger partial charge in [0.15, 0.2) is 11.5 Å². The van der Waals surface area contributed by atoms with Gasteiger partial charge in [0.05, 0.1) is 14.2 Å². The number of hydrogen-bond donors (Lipinski definition) is 2. The molecule has 0 fully saturated rings. The second kappa shape index (κ2) is 10.9. The van der Waals surface area contributed by atoms with E-state index in [1.165, 1.54) is 18.2 Å². The molecule has 0 saturated heterocycles. The highest BCUT2D eigenvalue weighted by Crippen LogP contribution is 2.33. The van der Waals surface area contributed by atoms with Gasteiger partial charge in [0.2, 0.25) is 5.91 Å². The Labute approximate surface area is 203 Å². The van der Waals surface area contributed by atoms with Crippen molar-refractivity contribution in [1.82, 2.24) is 10.2 Å². The topological polar surface area (TPSA) is 79.9 Å². The summed E-state index contributed by atoms with van der Waals surface area (Å²) in [6.07, 6.45) is 0.987. The van der Waals surface area contributed by atoms with Gasteiger partial charge in [-0.15, -0.1) is 0 Å².